The topological polar surface area (TPSA) is 0 Å². The van der Waals surface area contributed by atoms with E-state index in [2.05, 4.69) is 182 Å². The summed E-state index contributed by atoms with van der Waals surface area (Å²) in [4.78, 5) is 0. The molecule has 2 aliphatic carbocycles. The maximum Gasteiger partial charge on any atom is 0.0731 e. The van der Waals surface area contributed by atoms with Crippen LogP contribution in [0.1, 0.15) is 22.3 Å². The minimum Gasteiger partial charge on any atom is -0.135 e. The molecule has 0 aliphatic heterocycles. The standard InChI is InChI=1S/C53H30S2/c1-5-13-45-36(9-1)37-10-2-6-14-46(37)53(45)47-30-35(34-22-26-51-44(29-34)40-12-4-8-16-49(40)55-51)20-23-38(47)41-24-19-31-17-18-32(27-42(31)52(41)53)33-21-25-50-43(28-33)39-11-3-7-15-48(39)54-50/h1-30H. The van der Waals surface area contributed by atoms with Crippen LogP contribution in [-0.4, -0.2) is 0 Å². The maximum atomic E-state index is 2.52. The highest BCUT2D eigenvalue weighted by atomic mass is 32.1. The van der Waals surface area contributed by atoms with Gasteiger partial charge in [0.25, 0.3) is 0 Å². The van der Waals surface area contributed by atoms with Crippen LogP contribution in [-0.2, 0) is 5.41 Å². The molecule has 0 radical (unpaired) electrons. The van der Waals surface area contributed by atoms with Gasteiger partial charge in [0.2, 0.25) is 0 Å². The van der Waals surface area contributed by atoms with Crippen molar-refractivity contribution in [3.8, 4) is 44.5 Å². The number of benzene rings is 9. The molecule has 9 aromatic carbocycles. The SMILES string of the molecule is c1ccc2c(c1)-c1ccccc1C21c2cc(-c3ccc4sc5ccccc5c4c3)ccc2-c2ccc3ccc(-c4ccc5sc6ccccc6c5c4)cc3c21. The Morgan fingerprint density at radius 2 is 0.727 bits per heavy atom. The molecule has 254 valence electrons. The summed E-state index contributed by atoms with van der Waals surface area (Å²) < 4.78 is 5.35. The summed E-state index contributed by atoms with van der Waals surface area (Å²) in [5.41, 5.74) is 15.4. The minimum atomic E-state index is -0.460. The molecule has 0 fully saturated rings. The van der Waals surface area contributed by atoms with Crippen LogP contribution >= 0.6 is 22.7 Å². The molecule has 0 nitrogen and oxygen atoms in total. The summed E-state index contributed by atoms with van der Waals surface area (Å²) in [7, 11) is 0. The summed E-state index contributed by atoms with van der Waals surface area (Å²) in [5, 5.41) is 7.93. The molecule has 0 amide bonds. The van der Waals surface area contributed by atoms with Crippen LogP contribution in [0.4, 0.5) is 0 Å². The summed E-state index contributed by atoms with van der Waals surface area (Å²) in [5.74, 6) is 0. The third-order valence-corrected chi connectivity index (χ3v) is 14.8. The first kappa shape index (κ1) is 30.1. The summed E-state index contributed by atoms with van der Waals surface area (Å²) >= 11 is 3.76. The fraction of sp³-hybridized carbons (Fsp3) is 0.0189. The molecular weight excluding hydrogens is 701 g/mol. The lowest BCUT2D eigenvalue weighted by atomic mass is 9.69. The van der Waals surface area contributed by atoms with Crippen LogP contribution in [0.2, 0.25) is 0 Å². The highest BCUT2D eigenvalue weighted by Crippen LogP contribution is 2.64. The van der Waals surface area contributed by atoms with Gasteiger partial charge in [0.1, 0.15) is 0 Å². The molecule has 13 rings (SSSR count). The van der Waals surface area contributed by atoms with Crippen molar-refractivity contribution in [3.63, 3.8) is 0 Å². The molecule has 1 spiro atoms. The van der Waals surface area contributed by atoms with E-state index in [0.29, 0.717) is 0 Å². The van der Waals surface area contributed by atoms with Gasteiger partial charge in [-0.05, 0) is 126 Å². The van der Waals surface area contributed by atoms with E-state index in [9.17, 15) is 0 Å². The minimum absolute atomic E-state index is 0.460. The molecule has 2 aromatic heterocycles. The fourth-order valence-electron chi connectivity index (χ4n) is 10.1. The Hall–Kier alpha value is -6.32. The van der Waals surface area contributed by atoms with E-state index in [1.54, 1.807) is 0 Å². The first-order valence-corrected chi connectivity index (χ1v) is 20.6. The quantitative estimate of drug-likeness (QED) is 0.166. The maximum absolute atomic E-state index is 2.52. The van der Waals surface area contributed by atoms with Crippen molar-refractivity contribution in [2.75, 3.05) is 0 Å². The zero-order valence-electron chi connectivity index (χ0n) is 29.6. The van der Waals surface area contributed by atoms with Crippen molar-refractivity contribution in [2.24, 2.45) is 0 Å². The Balaban J connectivity index is 1.09. The Morgan fingerprint density at radius 3 is 1.36 bits per heavy atom. The summed E-state index contributed by atoms with van der Waals surface area (Å²) in [6.45, 7) is 0. The fourth-order valence-corrected chi connectivity index (χ4v) is 12.3. The first-order valence-electron chi connectivity index (χ1n) is 19.0. The van der Waals surface area contributed by atoms with E-state index in [-0.39, 0.29) is 0 Å². The molecule has 0 atom stereocenters. The van der Waals surface area contributed by atoms with E-state index in [1.165, 1.54) is 118 Å². The molecule has 0 N–H and O–H groups in total. The van der Waals surface area contributed by atoms with Gasteiger partial charge in [-0.2, -0.15) is 0 Å². The second-order valence-electron chi connectivity index (χ2n) is 15.1. The molecule has 11 aromatic rings. The van der Waals surface area contributed by atoms with Gasteiger partial charge in [0, 0.05) is 40.3 Å². The zero-order valence-corrected chi connectivity index (χ0v) is 31.3. The lowest BCUT2D eigenvalue weighted by Crippen LogP contribution is -2.26. The van der Waals surface area contributed by atoms with Gasteiger partial charge in [-0.3, -0.25) is 0 Å². The van der Waals surface area contributed by atoms with Crippen LogP contribution in [0.3, 0.4) is 0 Å². The highest BCUT2D eigenvalue weighted by Gasteiger charge is 2.52. The molecule has 0 saturated carbocycles. The molecule has 0 saturated heterocycles. The third-order valence-electron chi connectivity index (χ3n) is 12.5. The molecule has 0 bridgehead atoms. The monoisotopic (exact) mass is 730 g/mol. The highest BCUT2D eigenvalue weighted by molar-refractivity contribution is 7.26. The van der Waals surface area contributed by atoms with Gasteiger partial charge in [0.15, 0.2) is 0 Å². The Morgan fingerprint density at radius 1 is 0.291 bits per heavy atom. The lowest BCUT2D eigenvalue weighted by molar-refractivity contribution is 0.801. The Labute approximate surface area is 326 Å². The van der Waals surface area contributed by atoms with Crippen molar-refractivity contribution in [1.82, 2.24) is 0 Å². The van der Waals surface area contributed by atoms with Crippen molar-refractivity contribution in [3.05, 3.63) is 204 Å². The normalized spacial score (nSPS) is 13.6. The molecule has 2 heterocycles. The zero-order chi connectivity index (χ0) is 35.8. The van der Waals surface area contributed by atoms with Gasteiger partial charge in [-0.1, -0.05) is 133 Å². The molecule has 0 unspecified atom stereocenters. The first-order chi connectivity index (χ1) is 27.2. The molecule has 55 heavy (non-hydrogen) atoms. The number of hydrogen-bond acceptors (Lipinski definition) is 2. The molecular formula is C53H30S2. The summed E-state index contributed by atoms with van der Waals surface area (Å²) in [6, 6.07) is 69.2. The summed E-state index contributed by atoms with van der Waals surface area (Å²) in [6.07, 6.45) is 0. The Bertz CT molecular complexity index is 3400. The predicted octanol–water partition coefficient (Wildman–Crippen LogP) is 15.3. The van der Waals surface area contributed by atoms with E-state index >= 15 is 0 Å². The van der Waals surface area contributed by atoms with Crippen molar-refractivity contribution >= 4 is 73.8 Å². The van der Waals surface area contributed by atoms with Crippen molar-refractivity contribution in [1.29, 1.82) is 0 Å². The van der Waals surface area contributed by atoms with Gasteiger partial charge in [0.05, 0.1) is 5.41 Å². The van der Waals surface area contributed by atoms with Gasteiger partial charge < -0.3 is 0 Å². The van der Waals surface area contributed by atoms with Crippen LogP contribution in [0.25, 0.3) is 95.6 Å². The third kappa shape index (κ3) is 3.95. The van der Waals surface area contributed by atoms with Crippen LogP contribution in [0.5, 0.6) is 0 Å². The molecule has 2 aliphatic rings. The second kappa shape index (κ2) is 10.9. The van der Waals surface area contributed by atoms with Gasteiger partial charge >= 0.3 is 0 Å². The number of rotatable bonds is 2. The lowest BCUT2D eigenvalue weighted by Gasteiger charge is -2.32. The number of thiophene rings is 2. The van der Waals surface area contributed by atoms with Gasteiger partial charge in [-0.15, -0.1) is 22.7 Å². The van der Waals surface area contributed by atoms with Crippen LogP contribution < -0.4 is 0 Å². The van der Waals surface area contributed by atoms with E-state index in [1.807, 2.05) is 22.7 Å². The van der Waals surface area contributed by atoms with E-state index < -0.39 is 5.41 Å². The second-order valence-corrected chi connectivity index (χ2v) is 17.3. The molecule has 2 heteroatoms. The smallest absolute Gasteiger partial charge is 0.0731 e. The number of hydrogen-bond donors (Lipinski definition) is 0. The van der Waals surface area contributed by atoms with Crippen LogP contribution in [0.15, 0.2) is 182 Å². The average Bonchev–Trinajstić information content (AvgIpc) is 3.98. The Kier molecular flexibility index (Phi) is 5.95. The van der Waals surface area contributed by atoms with Crippen molar-refractivity contribution in [2.45, 2.75) is 5.41 Å². The number of fused-ring (bicyclic) bond motifs is 18. The van der Waals surface area contributed by atoms with Crippen LogP contribution in [0, 0.1) is 0 Å². The van der Waals surface area contributed by atoms with E-state index in [0.717, 1.165) is 0 Å². The van der Waals surface area contributed by atoms with Gasteiger partial charge in [-0.25, -0.2) is 0 Å². The predicted molar refractivity (Wildman–Crippen MR) is 237 cm³/mol. The average molecular weight is 731 g/mol. The largest absolute Gasteiger partial charge is 0.135 e. The van der Waals surface area contributed by atoms with E-state index in [4.69, 9.17) is 0 Å². The van der Waals surface area contributed by atoms with Crippen molar-refractivity contribution < 1.29 is 0 Å².